The Morgan fingerprint density at radius 1 is 0.686 bits per heavy atom. The van der Waals surface area contributed by atoms with Crippen molar-refractivity contribution in [3.8, 4) is 0 Å². The molecule has 35 heavy (non-hydrogen) atoms. The molecular weight excluding hydrogens is 564 g/mol. The molecule has 0 amide bonds. The third kappa shape index (κ3) is 5.38. The largest absolute Gasteiger partial charge is 0.417 e. The van der Waals surface area contributed by atoms with Crippen molar-refractivity contribution in [1.82, 2.24) is 0 Å². The smallest absolute Gasteiger partial charge is 0.288 e. The fraction of sp³-hybridized carbons (Fsp3) is 0.0909. The molecular formula is C22H9Cl3F6O3P. The minimum Gasteiger partial charge on any atom is -0.288 e. The molecule has 0 heterocycles. The van der Waals surface area contributed by atoms with E-state index in [4.69, 9.17) is 34.8 Å². The van der Waals surface area contributed by atoms with Crippen molar-refractivity contribution in [2.24, 2.45) is 0 Å². The van der Waals surface area contributed by atoms with Crippen molar-refractivity contribution >= 4 is 59.2 Å². The number of rotatable bonds is 5. The summed E-state index contributed by atoms with van der Waals surface area (Å²) in [6, 6.07) is 8.07. The lowest BCUT2D eigenvalue weighted by Crippen LogP contribution is -2.21. The minimum atomic E-state index is -5.36. The number of ketones is 1. The highest BCUT2D eigenvalue weighted by Crippen LogP contribution is 2.43. The van der Waals surface area contributed by atoms with Gasteiger partial charge in [0, 0.05) is 5.56 Å². The molecule has 0 saturated heterocycles. The average molecular weight is 573 g/mol. The fourth-order valence-corrected chi connectivity index (χ4v) is 5.16. The summed E-state index contributed by atoms with van der Waals surface area (Å²) in [6.45, 7) is 0. The monoisotopic (exact) mass is 571 g/mol. The first-order valence-corrected chi connectivity index (χ1v) is 11.6. The molecule has 0 aliphatic carbocycles. The lowest BCUT2D eigenvalue weighted by molar-refractivity contribution is -0.143. The van der Waals surface area contributed by atoms with Crippen molar-refractivity contribution in [3.05, 3.63) is 97.5 Å². The lowest BCUT2D eigenvalue weighted by Gasteiger charge is -2.18. The predicted octanol–water partition coefficient (Wildman–Crippen LogP) is 8.21. The first kappa shape index (κ1) is 27.1. The SMILES string of the molecule is O=C(c1ccccc1[P](=O)C(=O)c1c(C(F)(F)F)cccc1C(F)(F)F)c1c(Cl)ccc(Cl)c1Cl. The molecule has 3 nitrogen and oxygen atoms in total. The Bertz CT molecular complexity index is 1340. The third-order valence-electron chi connectivity index (χ3n) is 4.71. The highest BCUT2D eigenvalue weighted by molar-refractivity contribution is 7.71. The molecule has 0 aliphatic heterocycles. The lowest BCUT2D eigenvalue weighted by atomic mass is 10.0. The zero-order chi connectivity index (χ0) is 26.3. The molecule has 13 heteroatoms. The van der Waals surface area contributed by atoms with Crippen LogP contribution in [0.25, 0.3) is 0 Å². The zero-order valence-corrected chi connectivity index (χ0v) is 19.9. The Hall–Kier alpha value is -2.45. The number of carbonyl (C=O) groups excluding carboxylic acids is 2. The van der Waals surface area contributed by atoms with E-state index < -0.39 is 59.0 Å². The van der Waals surface area contributed by atoms with Gasteiger partial charge in [0.05, 0.1) is 42.6 Å². The summed E-state index contributed by atoms with van der Waals surface area (Å²) in [5.41, 5.74) is -8.41. The van der Waals surface area contributed by atoms with Crippen molar-refractivity contribution in [2.75, 3.05) is 0 Å². The van der Waals surface area contributed by atoms with Crippen LogP contribution in [0.2, 0.25) is 15.1 Å². The van der Waals surface area contributed by atoms with E-state index in [0.717, 1.165) is 12.1 Å². The number of alkyl halides is 6. The second-order valence-electron chi connectivity index (χ2n) is 6.89. The maximum absolute atomic E-state index is 13.5. The van der Waals surface area contributed by atoms with Gasteiger partial charge in [-0.3, -0.25) is 14.2 Å². The summed E-state index contributed by atoms with van der Waals surface area (Å²) in [7, 11) is -3.64. The van der Waals surface area contributed by atoms with Crippen LogP contribution in [0, 0.1) is 0 Å². The molecule has 3 aromatic carbocycles. The maximum Gasteiger partial charge on any atom is 0.417 e. The van der Waals surface area contributed by atoms with Crippen molar-refractivity contribution in [2.45, 2.75) is 12.4 Å². The fourth-order valence-electron chi connectivity index (χ4n) is 3.18. The average Bonchev–Trinajstić information content (AvgIpc) is 2.79. The molecule has 0 saturated carbocycles. The normalized spacial score (nSPS) is 12.4. The van der Waals surface area contributed by atoms with Crippen molar-refractivity contribution in [3.63, 3.8) is 0 Å². The van der Waals surface area contributed by atoms with Gasteiger partial charge in [-0.05, 0) is 36.4 Å². The van der Waals surface area contributed by atoms with E-state index in [2.05, 4.69) is 0 Å². The summed E-state index contributed by atoms with van der Waals surface area (Å²) in [6.07, 6.45) is -10.7. The van der Waals surface area contributed by atoms with Gasteiger partial charge < -0.3 is 0 Å². The van der Waals surface area contributed by atoms with E-state index in [0.29, 0.717) is 6.07 Å². The number of hydrogen-bond acceptors (Lipinski definition) is 3. The molecule has 1 atom stereocenters. The molecule has 3 aromatic rings. The summed E-state index contributed by atoms with van der Waals surface area (Å²) < 4.78 is 94.0. The van der Waals surface area contributed by atoms with Crippen LogP contribution >= 0.6 is 42.6 Å². The summed E-state index contributed by atoms with van der Waals surface area (Å²) in [4.78, 5) is 26.1. The van der Waals surface area contributed by atoms with Crippen LogP contribution in [0.4, 0.5) is 26.3 Å². The maximum atomic E-state index is 13.5. The van der Waals surface area contributed by atoms with Gasteiger partial charge in [0.1, 0.15) is 0 Å². The van der Waals surface area contributed by atoms with Gasteiger partial charge in [0.2, 0.25) is 5.52 Å². The Balaban J connectivity index is 2.20. The minimum absolute atomic E-state index is 0.0775. The first-order valence-electron chi connectivity index (χ1n) is 9.22. The molecule has 0 aromatic heterocycles. The molecule has 0 spiro atoms. The van der Waals surface area contributed by atoms with Gasteiger partial charge in [-0.2, -0.15) is 26.3 Å². The second kappa shape index (κ2) is 9.90. The molecule has 0 bridgehead atoms. The van der Waals surface area contributed by atoms with E-state index in [1.807, 2.05) is 0 Å². The van der Waals surface area contributed by atoms with Gasteiger partial charge in [0.15, 0.2) is 13.6 Å². The predicted molar refractivity (Wildman–Crippen MR) is 119 cm³/mol. The second-order valence-corrected chi connectivity index (χ2v) is 9.56. The van der Waals surface area contributed by atoms with E-state index in [-0.39, 0.29) is 32.8 Å². The standard InChI is InChI=1S/C22H9Cl3F6O3P/c23-13-8-9-14(24)18(25)17(13)19(32)10-4-1-2-7-15(10)35(34)20(33)16-11(21(26,27)28)5-3-6-12(16)22(29,30)31/h1-9H. The number of halogens is 9. The van der Waals surface area contributed by atoms with Gasteiger partial charge >= 0.3 is 12.4 Å². The van der Waals surface area contributed by atoms with Crippen LogP contribution in [0.1, 0.15) is 37.4 Å². The number of benzene rings is 3. The van der Waals surface area contributed by atoms with Crippen molar-refractivity contribution in [1.29, 1.82) is 0 Å². The number of carbonyl (C=O) groups is 2. The van der Waals surface area contributed by atoms with Gasteiger partial charge in [-0.1, -0.05) is 53.0 Å². The van der Waals surface area contributed by atoms with Crippen LogP contribution < -0.4 is 5.30 Å². The Labute approximate surface area is 209 Å². The molecule has 1 unspecified atom stereocenters. The molecule has 0 aliphatic rings. The van der Waals surface area contributed by atoms with E-state index in [1.165, 1.54) is 24.3 Å². The summed E-state index contributed by atoms with van der Waals surface area (Å²) in [5.74, 6) is -0.991. The molecule has 183 valence electrons. The topological polar surface area (TPSA) is 51.2 Å². The van der Waals surface area contributed by atoms with Crippen LogP contribution in [0.5, 0.6) is 0 Å². The Kier molecular flexibility index (Phi) is 7.67. The Morgan fingerprint density at radius 2 is 1.20 bits per heavy atom. The summed E-state index contributed by atoms with van der Waals surface area (Å²) >= 11 is 18.0. The highest BCUT2D eigenvalue weighted by Gasteiger charge is 2.44. The molecule has 3 rings (SSSR count). The highest BCUT2D eigenvalue weighted by atomic mass is 35.5. The van der Waals surface area contributed by atoms with Crippen molar-refractivity contribution < 1.29 is 40.5 Å². The van der Waals surface area contributed by atoms with Crippen LogP contribution in [-0.4, -0.2) is 11.3 Å². The molecule has 0 fully saturated rings. The van der Waals surface area contributed by atoms with Crippen LogP contribution in [0.15, 0.2) is 54.6 Å². The molecule has 1 radical (unpaired) electrons. The quantitative estimate of drug-likeness (QED) is 0.134. The van der Waals surface area contributed by atoms with E-state index in [1.54, 1.807) is 0 Å². The number of hydrogen-bond donors (Lipinski definition) is 0. The van der Waals surface area contributed by atoms with E-state index in [9.17, 15) is 40.5 Å². The zero-order valence-electron chi connectivity index (χ0n) is 16.8. The van der Waals surface area contributed by atoms with Gasteiger partial charge in [-0.25, -0.2) is 0 Å². The van der Waals surface area contributed by atoms with Crippen LogP contribution in [0.3, 0.4) is 0 Å². The van der Waals surface area contributed by atoms with Gasteiger partial charge in [-0.15, -0.1) is 0 Å². The third-order valence-corrected chi connectivity index (χ3v) is 7.25. The molecule has 0 N–H and O–H groups in total. The van der Waals surface area contributed by atoms with Gasteiger partial charge in [0.25, 0.3) is 0 Å². The summed E-state index contributed by atoms with van der Waals surface area (Å²) in [5, 5.41) is -1.15. The first-order chi connectivity index (χ1) is 16.2. The van der Waals surface area contributed by atoms with Crippen LogP contribution in [-0.2, 0) is 16.9 Å². The van der Waals surface area contributed by atoms with E-state index >= 15 is 0 Å². The Morgan fingerprint density at radius 3 is 1.74 bits per heavy atom.